The number of nitrogens with one attached hydrogen (secondary N) is 2. The summed E-state index contributed by atoms with van der Waals surface area (Å²) in [6.45, 7) is -0.757. The van der Waals surface area contributed by atoms with E-state index in [1.807, 2.05) is 24.3 Å². The van der Waals surface area contributed by atoms with E-state index in [0.717, 1.165) is 21.7 Å². The Morgan fingerprint density at radius 3 is 2.43 bits per heavy atom. The molecule has 0 saturated heterocycles. The minimum absolute atomic E-state index is 0.0109. The number of anilines is 1. The van der Waals surface area contributed by atoms with Crippen LogP contribution in [0.2, 0.25) is 0 Å². The summed E-state index contributed by atoms with van der Waals surface area (Å²) in [6, 6.07) is 17.8. The van der Waals surface area contributed by atoms with Gasteiger partial charge in [-0.2, -0.15) is 0 Å². The van der Waals surface area contributed by atoms with Crippen LogP contribution in [-0.4, -0.2) is 44.1 Å². The summed E-state index contributed by atoms with van der Waals surface area (Å²) in [6.07, 6.45) is 2.60. The Hall–Kier alpha value is -4.99. The van der Waals surface area contributed by atoms with Crippen molar-refractivity contribution in [3.63, 3.8) is 0 Å². The molecule has 176 valence electrons. The quantitative estimate of drug-likeness (QED) is 0.322. The monoisotopic (exact) mass is 472 g/mol. The first kappa shape index (κ1) is 23.2. The highest BCUT2D eigenvalue weighted by Gasteiger charge is 2.25. The van der Waals surface area contributed by atoms with Gasteiger partial charge in [-0.15, -0.1) is 0 Å². The van der Waals surface area contributed by atoms with Crippen molar-refractivity contribution in [3.05, 3.63) is 100 Å². The normalized spacial score (nSPS) is 10.6. The molecule has 35 heavy (non-hydrogen) atoms. The van der Waals surface area contributed by atoms with Crippen LogP contribution in [0.15, 0.2) is 77.9 Å². The van der Waals surface area contributed by atoms with Crippen molar-refractivity contribution < 1.29 is 24.6 Å². The lowest BCUT2D eigenvalue weighted by molar-refractivity contribution is -0.135. The van der Waals surface area contributed by atoms with Gasteiger partial charge in [0.15, 0.2) is 0 Å². The second kappa shape index (κ2) is 9.87. The van der Waals surface area contributed by atoms with Gasteiger partial charge in [-0.1, -0.05) is 48.5 Å². The lowest BCUT2D eigenvalue weighted by Crippen LogP contribution is -2.36. The zero-order valence-corrected chi connectivity index (χ0v) is 18.3. The summed E-state index contributed by atoms with van der Waals surface area (Å²) in [4.78, 5) is 53.8. The molecule has 0 aliphatic rings. The van der Waals surface area contributed by atoms with Crippen LogP contribution in [-0.2, 0) is 11.3 Å². The fourth-order valence-corrected chi connectivity index (χ4v) is 3.51. The molecule has 4 aromatic rings. The number of hydrogen-bond acceptors (Lipinski definition) is 6. The number of pyridine rings is 2. The molecule has 0 saturated carbocycles. The number of para-hydroxylation sites is 1. The molecule has 0 bridgehead atoms. The second-order valence-electron chi connectivity index (χ2n) is 7.63. The van der Waals surface area contributed by atoms with E-state index in [0.29, 0.717) is 11.3 Å². The van der Waals surface area contributed by atoms with E-state index >= 15 is 0 Å². The number of carbonyl (C=O) groups excluding carboxylic acids is 2. The Labute approximate surface area is 198 Å². The molecule has 4 N–H and O–H groups in total. The van der Waals surface area contributed by atoms with Crippen LogP contribution < -0.4 is 16.2 Å². The molecule has 2 aromatic carbocycles. The lowest BCUT2D eigenvalue weighted by Gasteiger charge is -2.14. The van der Waals surface area contributed by atoms with Crippen molar-refractivity contribution in [2.45, 2.75) is 6.54 Å². The molecule has 10 nitrogen and oxygen atoms in total. The van der Waals surface area contributed by atoms with Crippen molar-refractivity contribution in [2.24, 2.45) is 0 Å². The number of aromatic nitrogens is 2. The van der Waals surface area contributed by atoms with Crippen molar-refractivity contribution in [1.82, 2.24) is 14.9 Å². The number of carboxylic acid groups (broad SMARTS) is 1. The van der Waals surface area contributed by atoms with Crippen molar-refractivity contribution in [3.8, 4) is 5.75 Å². The van der Waals surface area contributed by atoms with Crippen LogP contribution in [0.1, 0.15) is 26.3 Å². The van der Waals surface area contributed by atoms with Crippen LogP contribution >= 0.6 is 0 Å². The Kier molecular flexibility index (Phi) is 6.54. The highest BCUT2D eigenvalue weighted by Crippen LogP contribution is 2.23. The van der Waals surface area contributed by atoms with Gasteiger partial charge in [-0.05, 0) is 17.7 Å². The van der Waals surface area contributed by atoms with Crippen LogP contribution in [0.3, 0.4) is 0 Å². The standard InChI is InChI=1S/C25H20N4O6/c30-20(31)12-27-24(34)21-22(32)18(14-29(25(21)35)13-15-6-2-1-3-7-15)23(33)28-17-10-16-8-4-5-9-19(16)26-11-17/h1-11,14,32H,12-13H2,(H,27,34)(H,28,33)(H,30,31). The summed E-state index contributed by atoms with van der Waals surface area (Å²) in [5.41, 5.74) is -0.172. The third-order valence-electron chi connectivity index (χ3n) is 5.17. The number of nitrogens with zero attached hydrogens (tertiary/aromatic N) is 2. The number of hydrogen-bond donors (Lipinski definition) is 4. The fraction of sp³-hybridized carbons (Fsp3) is 0.0800. The van der Waals surface area contributed by atoms with E-state index in [9.17, 15) is 24.3 Å². The number of aromatic hydroxyl groups is 1. The van der Waals surface area contributed by atoms with Crippen LogP contribution in [0.25, 0.3) is 10.9 Å². The fourth-order valence-electron chi connectivity index (χ4n) is 3.51. The van der Waals surface area contributed by atoms with Gasteiger partial charge >= 0.3 is 5.97 Å². The van der Waals surface area contributed by atoms with Gasteiger partial charge in [0.05, 0.1) is 29.5 Å². The van der Waals surface area contributed by atoms with Crippen LogP contribution in [0, 0.1) is 0 Å². The Balaban J connectivity index is 1.74. The van der Waals surface area contributed by atoms with E-state index in [-0.39, 0.29) is 12.1 Å². The number of carboxylic acids is 1. The number of fused-ring (bicyclic) bond motifs is 1. The molecule has 0 spiro atoms. The molecular formula is C25H20N4O6. The molecule has 4 rings (SSSR count). The van der Waals surface area contributed by atoms with E-state index in [1.54, 1.807) is 36.4 Å². The minimum Gasteiger partial charge on any atom is -0.506 e. The SMILES string of the molecule is O=C(O)CNC(=O)c1c(O)c(C(=O)Nc2cnc3ccccc3c2)cn(Cc2ccccc2)c1=O. The second-order valence-corrected chi connectivity index (χ2v) is 7.63. The summed E-state index contributed by atoms with van der Waals surface area (Å²) < 4.78 is 1.11. The van der Waals surface area contributed by atoms with E-state index in [1.165, 1.54) is 6.20 Å². The third-order valence-corrected chi connectivity index (χ3v) is 5.17. The molecule has 2 heterocycles. The summed E-state index contributed by atoms with van der Waals surface area (Å²) in [5.74, 6) is -4.08. The predicted molar refractivity (Wildman–Crippen MR) is 128 cm³/mol. The first-order valence-corrected chi connectivity index (χ1v) is 10.5. The van der Waals surface area contributed by atoms with Crippen molar-refractivity contribution in [2.75, 3.05) is 11.9 Å². The molecule has 2 amide bonds. The first-order valence-electron chi connectivity index (χ1n) is 10.5. The zero-order chi connectivity index (χ0) is 24.9. The summed E-state index contributed by atoms with van der Waals surface area (Å²) in [7, 11) is 0. The molecular weight excluding hydrogens is 452 g/mol. The van der Waals surface area contributed by atoms with Crippen molar-refractivity contribution in [1.29, 1.82) is 0 Å². The lowest BCUT2D eigenvalue weighted by atomic mass is 10.1. The number of benzene rings is 2. The zero-order valence-electron chi connectivity index (χ0n) is 18.3. The maximum absolute atomic E-state index is 13.1. The molecule has 0 aliphatic carbocycles. The smallest absolute Gasteiger partial charge is 0.322 e. The largest absolute Gasteiger partial charge is 0.506 e. The average Bonchev–Trinajstić information content (AvgIpc) is 2.85. The van der Waals surface area contributed by atoms with Crippen molar-refractivity contribution >= 4 is 34.4 Å². The molecule has 0 fully saturated rings. The van der Waals surface area contributed by atoms with Crippen LogP contribution in [0.4, 0.5) is 5.69 Å². The Morgan fingerprint density at radius 1 is 0.971 bits per heavy atom. The number of aliphatic carboxylic acids is 1. The number of rotatable bonds is 7. The number of amides is 2. The van der Waals surface area contributed by atoms with Gasteiger partial charge in [0, 0.05) is 11.6 Å². The summed E-state index contributed by atoms with van der Waals surface area (Å²) >= 11 is 0. The van der Waals surface area contributed by atoms with Gasteiger partial charge < -0.3 is 25.4 Å². The molecule has 10 heteroatoms. The van der Waals surface area contributed by atoms with Gasteiger partial charge in [-0.3, -0.25) is 24.2 Å². The molecule has 0 aliphatic heterocycles. The number of carbonyl (C=O) groups is 3. The average molecular weight is 472 g/mol. The highest BCUT2D eigenvalue weighted by molar-refractivity contribution is 6.09. The molecule has 2 aromatic heterocycles. The predicted octanol–water partition coefficient (Wildman–Crippen LogP) is 2.22. The van der Waals surface area contributed by atoms with Gasteiger partial charge in [0.1, 0.15) is 17.9 Å². The maximum atomic E-state index is 13.1. The Bertz CT molecular complexity index is 1500. The topological polar surface area (TPSA) is 151 Å². The highest BCUT2D eigenvalue weighted by atomic mass is 16.4. The summed E-state index contributed by atoms with van der Waals surface area (Å²) in [5, 5.41) is 25.0. The van der Waals surface area contributed by atoms with Gasteiger partial charge in [0.25, 0.3) is 17.4 Å². The van der Waals surface area contributed by atoms with Gasteiger partial charge in [0.2, 0.25) is 0 Å². The first-order chi connectivity index (χ1) is 16.8. The van der Waals surface area contributed by atoms with E-state index in [2.05, 4.69) is 15.6 Å². The molecule has 0 atom stereocenters. The molecule has 0 radical (unpaired) electrons. The maximum Gasteiger partial charge on any atom is 0.322 e. The van der Waals surface area contributed by atoms with E-state index in [4.69, 9.17) is 5.11 Å². The Morgan fingerprint density at radius 2 is 1.69 bits per heavy atom. The van der Waals surface area contributed by atoms with E-state index < -0.39 is 41.2 Å². The third kappa shape index (κ3) is 5.17. The minimum atomic E-state index is -1.33. The molecule has 0 unspecified atom stereocenters. The van der Waals surface area contributed by atoms with Crippen LogP contribution in [0.5, 0.6) is 5.75 Å². The van der Waals surface area contributed by atoms with Gasteiger partial charge in [-0.25, -0.2) is 0 Å².